The van der Waals surface area contributed by atoms with E-state index in [1.165, 1.54) is 40.8 Å². The summed E-state index contributed by atoms with van der Waals surface area (Å²) >= 11 is 7.93. The predicted molar refractivity (Wildman–Crippen MR) is 87.7 cm³/mol. The van der Waals surface area contributed by atoms with E-state index in [2.05, 4.69) is 49.5 Å². The van der Waals surface area contributed by atoms with E-state index < -0.39 is 0 Å². The Hall–Kier alpha value is -0.830. The number of hydrogen-bond donors (Lipinski definition) is 1. The van der Waals surface area contributed by atoms with Gasteiger partial charge in [0.15, 0.2) is 0 Å². The average molecular weight is 306 g/mol. The number of halogens is 1. The van der Waals surface area contributed by atoms with Crippen molar-refractivity contribution in [2.75, 3.05) is 0 Å². The highest BCUT2D eigenvalue weighted by Gasteiger charge is 2.24. The summed E-state index contributed by atoms with van der Waals surface area (Å²) in [5, 5.41) is 3.78. The number of thiophene rings is 1. The van der Waals surface area contributed by atoms with E-state index in [0.717, 1.165) is 4.34 Å². The second-order valence-electron chi connectivity index (χ2n) is 5.68. The lowest BCUT2D eigenvalue weighted by Crippen LogP contribution is -2.27. The maximum absolute atomic E-state index is 6.18. The molecule has 1 aromatic heterocycles. The lowest BCUT2D eigenvalue weighted by Gasteiger charge is -2.27. The molecule has 0 fully saturated rings. The fraction of sp³-hybridized carbons (Fsp3) is 0.412. The summed E-state index contributed by atoms with van der Waals surface area (Å²) in [5.74, 6) is 0. The van der Waals surface area contributed by atoms with Crippen molar-refractivity contribution in [1.82, 2.24) is 5.32 Å². The van der Waals surface area contributed by atoms with Crippen molar-refractivity contribution in [3.8, 4) is 0 Å². The first-order valence-corrected chi connectivity index (χ1v) is 8.43. The molecule has 1 aromatic carbocycles. The second kappa shape index (κ2) is 5.88. The van der Waals surface area contributed by atoms with Crippen LogP contribution in [0, 0.1) is 6.92 Å². The van der Waals surface area contributed by atoms with Crippen LogP contribution in [0.5, 0.6) is 0 Å². The number of nitrogens with one attached hydrogen (secondary N) is 1. The van der Waals surface area contributed by atoms with Gasteiger partial charge in [-0.25, -0.2) is 0 Å². The quantitative estimate of drug-likeness (QED) is 0.796. The van der Waals surface area contributed by atoms with Gasteiger partial charge in [-0.3, -0.25) is 0 Å². The summed E-state index contributed by atoms with van der Waals surface area (Å²) < 4.78 is 0.923. The molecule has 1 N–H and O–H groups in total. The van der Waals surface area contributed by atoms with Gasteiger partial charge in [0.25, 0.3) is 0 Å². The molecule has 3 heteroatoms. The third-order valence-corrected chi connectivity index (χ3v) is 5.42. The van der Waals surface area contributed by atoms with Crippen molar-refractivity contribution >= 4 is 22.9 Å². The molecule has 20 heavy (non-hydrogen) atoms. The fourth-order valence-corrected chi connectivity index (χ4v) is 4.42. The molecule has 2 aromatic rings. The van der Waals surface area contributed by atoms with Crippen LogP contribution in [0.2, 0.25) is 4.34 Å². The van der Waals surface area contributed by atoms with Gasteiger partial charge in [-0.05, 0) is 50.3 Å². The Morgan fingerprint density at radius 2 is 2.20 bits per heavy atom. The highest BCUT2D eigenvalue weighted by molar-refractivity contribution is 7.16. The number of hydrogen-bond acceptors (Lipinski definition) is 2. The summed E-state index contributed by atoms with van der Waals surface area (Å²) in [6.07, 6.45) is 3.64. The van der Waals surface area contributed by atoms with Crippen LogP contribution in [0.15, 0.2) is 30.3 Å². The minimum absolute atomic E-state index is 0.365. The first-order chi connectivity index (χ1) is 9.63. The molecule has 2 atom stereocenters. The van der Waals surface area contributed by atoms with Crippen LogP contribution < -0.4 is 5.32 Å². The minimum Gasteiger partial charge on any atom is -0.303 e. The van der Waals surface area contributed by atoms with Gasteiger partial charge in [0, 0.05) is 17.0 Å². The van der Waals surface area contributed by atoms with Crippen molar-refractivity contribution in [3.63, 3.8) is 0 Å². The summed E-state index contributed by atoms with van der Waals surface area (Å²) in [6.45, 7) is 4.39. The SMILES string of the molecule is Cc1cccc([C@H](C)NC2CCCc3sc(Cl)cc32)c1. The van der Waals surface area contributed by atoms with Crippen LogP contribution >= 0.6 is 22.9 Å². The molecule has 0 aliphatic heterocycles. The summed E-state index contributed by atoms with van der Waals surface area (Å²) in [5.41, 5.74) is 4.10. The molecule has 1 aliphatic carbocycles. The highest BCUT2D eigenvalue weighted by Crippen LogP contribution is 2.38. The van der Waals surface area contributed by atoms with Gasteiger partial charge in [0.1, 0.15) is 0 Å². The van der Waals surface area contributed by atoms with Crippen molar-refractivity contribution < 1.29 is 0 Å². The molecule has 0 spiro atoms. The van der Waals surface area contributed by atoms with Gasteiger partial charge in [-0.15, -0.1) is 11.3 Å². The molecule has 106 valence electrons. The topological polar surface area (TPSA) is 12.0 Å². The van der Waals surface area contributed by atoms with Crippen LogP contribution in [0.3, 0.4) is 0 Å². The Kier molecular flexibility index (Phi) is 4.16. The van der Waals surface area contributed by atoms with Gasteiger partial charge in [-0.2, -0.15) is 0 Å². The third kappa shape index (κ3) is 2.93. The molecule has 1 unspecified atom stereocenters. The average Bonchev–Trinajstić information content (AvgIpc) is 2.80. The summed E-state index contributed by atoms with van der Waals surface area (Å²) in [7, 11) is 0. The molecule has 0 saturated heterocycles. The van der Waals surface area contributed by atoms with Crippen molar-refractivity contribution in [1.29, 1.82) is 0 Å². The van der Waals surface area contributed by atoms with E-state index in [4.69, 9.17) is 11.6 Å². The highest BCUT2D eigenvalue weighted by atomic mass is 35.5. The summed E-state index contributed by atoms with van der Waals surface area (Å²) in [6, 6.07) is 11.7. The molecule has 3 rings (SSSR count). The molecular formula is C17H20ClNS. The van der Waals surface area contributed by atoms with E-state index in [-0.39, 0.29) is 0 Å². The van der Waals surface area contributed by atoms with Crippen LogP contribution in [-0.4, -0.2) is 0 Å². The van der Waals surface area contributed by atoms with Gasteiger partial charge in [-0.1, -0.05) is 41.4 Å². The van der Waals surface area contributed by atoms with E-state index >= 15 is 0 Å². The Balaban J connectivity index is 1.78. The Morgan fingerprint density at radius 1 is 1.35 bits per heavy atom. The lowest BCUT2D eigenvalue weighted by atomic mass is 9.92. The second-order valence-corrected chi connectivity index (χ2v) is 7.44. The normalized spacial score (nSPS) is 19.6. The molecular weight excluding hydrogens is 286 g/mol. The smallest absolute Gasteiger partial charge is 0.0934 e. The zero-order chi connectivity index (χ0) is 14.1. The number of fused-ring (bicyclic) bond motifs is 1. The zero-order valence-corrected chi connectivity index (χ0v) is 13.5. The molecule has 0 amide bonds. The summed E-state index contributed by atoms with van der Waals surface area (Å²) in [4.78, 5) is 1.47. The van der Waals surface area contributed by atoms with Crippen molar-refractivity contribution in [3.05, 3.63) is 56.2 Å². The zero-order valence-electron chi connectivity index (χ0n) is 11.9. The monoisotopic (exact) mass is 305 g/mol. The molecule has 1 aliphatic rings. The minimum atomic E-state index is 0.365. The Morgan fingerprint density at radius 3 is 3.00 bits per heavy atom. The maximum Gasteiger partial charge on any atom is 0.0934 e. The lowest BCUT2D eigenvalue weighted by molar-refractivity contribution is 0.418. The van der Waals surface area contributed by atoms with Crippen LogP contribution in [-0.2, 0) is 6.42 Å². The number of benzene rings is 1. The third-order valence-electron chi connectivity index (χ3n) is 4.08. The standard InChI is InChI=1S/C17H20ClNS/c1-11-5-3-6-13(9-11)12(2)19-15-7-4-8-16-14(15)10-17(18)20-16/h3,5-6,9-10,12,15,19H,4,7-8H2,1-2H3/t12-,15?/m0/s1. The number of rotatable bonds is 3. The van der Waals surface area contributed by atoms with Gasteiger partial charge in [0.05, 0.1) is 4.34 Å². The van der Waals surface area contributed by atoms with E-state index in [0.29, 0.717) is 12.1 Å². The maximum atomic E-state index is 6.18. The number of aryl methyl sites for hydroxylation is 2. The van der Waals surface area contributed by atoms with Gasteiger partial charge in [0.2, 0.25) is 0 Å². The van der Waals surface area contributed by atoms with Crippen molar-refractivity contribution in [2.24, 2.45) is 0 Å². The molecule has 1 nitrogen and oxygen atoms in total. The van der Waals surface area contributed by atoms with Gasteiger partial charge >= 0.3 is 0 Å². The molecule has 0 bridgehead atoms. The van der Waals surface area contributed by atoms with E-state index in [1.54, 1.807) is 11.3 Å². The Bertz CT molecular complexity index is 605. The fourth-order valence-electron chi connectivity index (χ4n) is 3.03. The van der Waals surface area contributed by atoms with Gasteiger partial charge < -0.3 is 5.32 Å². The van der Waals surface area contributed by atoms with Crippen molar-refractivity contribution in [2.45, 2.75) is 45.2 Å². The molecule has 0 saturated carbocycles. The van der Waals surface area contributed by atoms with Crippen LogP contribution in [0.25, 0.3) is 0 Å². The largest absolute Gasteiger partial charge is 0.303 e. The predicted octanol–water partition coefficient (Wildman–Crippen LogP) is 5.44. The Labute approximate surface area is 130 Å². The van der Waals surface area contributed by atoms with E-state index in [9.17, 15) is 0 Å². The van der Waals surface area contributed by atoms with Crippen LogP contribution in [0.1, 0.15) is 53.4 Å². The first-order valence-electron chi connectivity index (χ1n) is 7.24. The first kappa shape index (κ1) is 14.1. The van der Waals surface area contributed by atoms with Crippen LogP contribution in [0.4, 0.5) is 0 Å². The van der Waals surface area contributed by atoms with E-state index in [1.807, 2.05) is 0 Å². The molecule has 1 heterocycles. The molecule has 0 radical (unpaired) electrons.